The minimum absolute atomic E-state index is 0.0420. The molecule has 0 spiro atoms. The molecule has 8 N–H and O–H groups in total. The number of cyclic esters (lactones) is 1. The van der Waals surface area contributed by atoms with Crippen molar-refractivity contribution >= 4 is 41.1 Å². The monoisotopic (exact) mass is 1070 g/mol. The fourth-order valence-corrected chi connectivity index (χ4v) is 9.19. The second-order valence-electron chi connectivity index (χ2n) is 19.2. The second kappa shape index (κ2) is 27.2. The summed E-state index contributed by atoms with van der Waals surface area (Å²) >= 11 is 12.3. The number of aromatic hydroxyl groups is 2. The van der Waals surface area contributed by atoms with Crippen LogP contribution < -0.4 is 0 Å². The number of carbonyl (C=O) groups is 3. The predicted octanol–water partition coefficient (Wildman–Crippen LogP) is 5.21. The number of rotatable bonds is 14. The molecule has 3 aliphatic rings. The van der Waals surface area contributed by atoms with Gasteiger partial charge in [0.2, 0.25) is 0 Å². The molecule has 21 heteroatoms. The number of aliphatic hydroxyl groups excluding tert-OH is 6. The third kappa shape index (κ3) is 14.9. The average molecular weight is 1070 g/mol. The highest BCUT2D eigenvalue weighted by molar-refractivity contribution is 6.39. The van der Waals surface area contributed by atoms with Gasteiger partial charge in [0.05, 0.1) is 54.1 Å². The van der Waals surface area contributed by atoms with E-state index in [1.165, 1.54) is 40.0 Å². The molecule has 1 aromatic rings. The maximum atomic E-state index is 14.0. The van der Waals surface area contributed by atoms with Gasteiger partial charge in [0.15, 0.2) is 36.3 Å². The molecule has 3 aliphatic heterocycles. The summed E-state index contributed by atoms with van der Waals surface area (Å²) in [6, 6.07) is 0. The van der Waals surface area contributed by atoms with Crippen LogP contribution >= 0.6 is 23.2 Å². The SMILES string of the molecule is CCc1c(Cl)c(O)c(Cl)c(O)c1C(=O)O[C@H]1[C@H](O)[C@H](OC)[C@H](OC/C2=C\C=C\C[C@H](O)/C(C)=C/[C@H](CC)[C@@H](O[C@@H]3OC(C)(CO)[C@@H](OC(=O)C(C)C)[C@H](O)[C@@H]3O)/C(C)=C/C(C)=C/C[C@@H]([C@@H](C)O)OC2=O)O[C@@H]1C. The third-order valence-corrected chi connectivity index (χ3v) is 13.9. The molecular formula is C52H74Cl2O19. The Balaban J connectivity index is 1.62. The maximum Gasteiger partial charge on any atom is 0.342 e. The molecule has 73 heavy (non-hydrogen) atoms. The van der Waals surface area contributed by atoms with Crippen molar-refractivity contribution in [1.82, 2.24) is 0 Å². The molecule has 0 radical (unpaired) electrons. The number of allylic oxidation sites excluding steroid dienone is 4. The second-order valence-corrected chi connectivity index (χ2v) is 20.0. The van der Waals surface area contributed by atoms with Gasteiger partial charge in [-0.25, -0.2) is 9.59 Å². The van der Waals surface area contributed by atoms with Crippen LogP contribution in [0.5, 0.6) is 11.5 Å². The van der Waals surface area contributed by atoms with Crippen LogP contribution in [-0.2, 0) is 53.9 Å². The number of phenolic OH excluding ortho intramolecular Hbond substituents is 2. The van der Waals surface area contributed by atoms with Gasteiger partial charge in [0.1, 0.15) is 46.7 Å². The Morgan fingerprint density at radius 1 is 0.918 bits per heavy atom. The first-order valence-electron chi connectivity index (χ1n) is 24.3. The van der Waals surface area contributed by atoms with Crippen molar-refractivity contribution in [1.29, 1.82) is 0 Å². The highest BCUT2D eigenvalue weighted by Crippen LogP contribution is 2.45. The van der Waals surface area contributed by atoms with E-state index in [4.69, 9.17) is 61.1 Å². The Kier molecular flexibility index (Phi) is 23.0. The number of ether oxygens (including phenoxy) is 8. The topological polar surface area (TPSA) is 287 Å². The summed E-state index contributed by atoms with van der Waals surface area (Å²) in [6.07, 6.45) is -6.59. The molecule has 2 fully saturated rings. The number of methoxy groups -OCH3 is 1. The van der Waals surface area contributed by atoms with Crippen LogP contribution in [0.3, 0.4) is 0 Å². The fourth-order valence-electron chi connectivity index (χ4n) is 8.63. The summed E-state index contributed by atoms with van der Waals surface area (Å²) in [5.74, 6) is -5.06. The van der Waals surface area contributed by atoms with Crippen LogP contribution in [0.4, 0.5) is 0 Å². The van der Waals surface area contributed by atoms with Crippen molar-refractivity contribution in [2.45, 2.75) is 180 Å². The van der Waals surface area contributed by atoms with E-state index < -0.39 is 150 Å². The Labute approximate surface area is 436 Å². The van der Waals surface area contributed by atoms with Crippen molar-refractivity contribution in [3.05, 3.63) is 79.9 Å². The van der Waals surface area contributed by atoms with Gasteiger partial charge < -0.3 is 78.7 Å². The molecule has 0 bridgehead atoms. The van der Waals surface area contributed by atoms with Gasteiger partial charge >= 0.3 is 17.9 Å². The number of aliphatic hydroxyl groups is 6. The fraction of sp³-hybridized carbons (Fsp3) is 0.635. The number of carbonyl (C=O) groups excluding carboxylic acids is 3. The van der Waals surface area contributed by atoms with Gasteiger partial charge in [-0.05, 0) is 83.6 Å². The van der Waals surface area contributed by atoms with Crippen molar-refractivity contribution in [2.24, 2.45) is 11.8 Å². The van der Waals surface area contributed by atoms with Crippen molar-refractivity contribution in [2.75, 3.05) is 20.3 Å². The molecule has 0 saturated carbocycles. The zero-order valence-corrected chi connectivity index (χ0v) is 44.7. The normalized spacial score (nSPS) is 35.8. The Hall–Kier alpha value is -3.93. The summed E-state index contributed by atoms with van der Waals surface area (Å²) in [4.78, 5) is 40.0. The first kappa shape index (κ1) is 61.6. The number of esters is 3. The lowest BCUT2D eigenvalue weighted by Crippen LogP contribution is -2.66. The first-order chi connectivity index (χ1) is 34.3. The van der Waals surface area contributed by atoms with E-state index >= 15 is 0 Å². The van der Waals surface area contributed by atoms with E-state index in [0.29, 0.717) is 23.1 Å². The smallest absolute Gasteiger partial charge is 0.342 e. The highest BCUT2D eigenvalue weighted by Gasteiger charge is 2.55. The lowest BCUT2D eigenvalue weighted by molar-refractivity contribution is -0.342. The molecule has 0 amide bonds. The van der Waals surface area contributed by atoms with Gasteiger partial charge in [-0.15, -0.1) is 0 Å². The maximum absolute atomic E-state index is 14.0. The molecular weight excluding hydrogens is 999 g/mol. The number of hydrogen-bond donors (Lipinski definition) is 8. The summed E-state index contributed by atoms with van der Waals surface area (Å²) < 4.78 is 47.3. The summed E-state index contributed by atoms with van der Waals surface area (Å²) in [6.45, 7) is 15.3. The standard InChI is InChI=1S/C52H74Cl2O19/c1-12-30-21-26(6)33(57)17-15-14-16-31(22-67-51-45(66-11)42(62)44(29(9)68-51)70-49(65)35-32(13-2)36(53)39(59)37(54)38(35)58)48(64)69-34(28(8)56)19-18-25(5)20-27(7)43(30)71-50-41(61)40(60)46(52(10,23-55)73-50)72-47(63)24(3)4/h14-16,18,20-21,24,28-30,33-34,40-46,50-51,55-62H,12-13,17,19,22-23H2,1-11H3/b15-14+,25-18+,26-21+,27-20+,31-16+/t28-,29-,30+,33+,34+,40-,41+,42+,43+,44-,45+,46+,50-,51-,52?/m1/s1. The Morgan fingerprint density at radius 2 is 1.59 bits per heavy atom. The lowest BCUT2D eigenvalue weighted by atomic mass is 9.87. The predicted molar refractivity (Wildman–Crippen MR) is 267 cm³/mol. The van der Waals surface area contributed by atoms with E-state index in [9.17, 15) is 55.2 Å². The van der Waals surface area contributed by atoms with Gasteiger partial charge in [-0.3, -0.25) is 4.79 Å². The van der Waals surface area contributed by atoms with Gasteiger partial charge in [0, 0.05) is 19.4 Å². The molecule has 0 aliphatic carbocycles. The largest absolute Gasteiger partial charge is 0.505 e. The van der Waals surface area contributed by atoms with Crippen molar-refractivity contribution in [3.8, 4) is 11.5 Å². The summed E-state index contributed by atoms with van der Waals surface area (Å²) in [7, 11) is 1.26. The van der Waals surface area contributed by atoms with E-state index in [0.717, 1.165) is 0 Å². The lowest BCUT2D eigenvalue weighted by Gasteiger charge is -2.48. The third-order valence-electron chi connectivity index (χ3n) is 13.2. The summed E-state index contributed by atoms with van der Waals surface area (Å²) in [5.41, 5.74) is -0.243. The minimum atomic E-state index is -1.72. The molecule has 0 aromatic heterocycles. The van der Waals surface area contributed by atoms with E-state index in [1.807, 2.05) is 13.0 Å². The van der Waals surface area contributed by atoms with E-state index in [1.54, 1.807) is 59.8 Å². The number of benzene rings is 1. The quantitative estimate of drug-likeness (QED) is 0.0674. The van der Waals surface area contributed by atoms with Crippen LogP contribution in [0.25, 0.3) is 0 Å². The molecule has 1 aromatic carbocycles. The van der Waals surface area contributed by atoms with Crippen LogP contribution in [0.2, 0.25) is 10.0 Å². The molecule has 2 saturated heterocycles. The molecule has 1 unspecified atom stereocenters. The van der Waals surface area contributed by atoms with Crippen LogP contribution in [-0.4, -0.2) is 164 Å². The van der Waals surface area contributed by atoms with Crippen LogP contribution in [0.1, 0.15) is 104 Å². The van der Waals surface area contributed by atoms with E-state index in [2.05, 4.69) is 0 Å². The number of phenols is 2. The van der Waals surface area contributed by atoms with Gasteiger partial charge in [-0.1, -0.05) is 86.9 Å². The molecule has 410 valence electrons. The average Bonchev–Trinajstić information content (AvgIpc) is 3.34. The van der Waals surface area contributed by atoms with Gasteiger partial charge in [0.25, 0.3) is 0 Å². The van der Waals surface area contributed by atoms with E-state index in [-0.39, 0.29) is 35.4 Å². The number of halogens is 2. The zero-order valence-electron chi connectivity index (χ0n) is 43.2. The zero-order chi connectivity index (χ0) is 54.8. The molecule has 4 rings (SSSR count). The van der Waals surface area contributed by atoms with Gasteiger partial charge in [-0.2, -0.15) is 0 Å². The van der Waals surface area contributed by atoms with Crippen molar-refractivity contribution in [3.63, 3.8) is 0 Å². The summed E-state index contributed by atoms with van der Waals surface area (Å²) in [5, 5.41) is 86.9. The van der Waals surface area contributed by atoms with Crippen LogP contribution in [0.15, 0.2) is 58.7 Å². The Bertz CT molecular complexity index is 2240. The van der Waals surface area contributed by atoms with Crippen molar-refractivity contribution < 1.29 is 93.1 Å². The molecule has 19 nitrogen and oxygen atoms in total. The molecule has 15 atom stereocenters. The molecule has 3 heterocycles. The first-order valence-corrected chi connectivity index (χ1v) is 25.1. The number of hydrogen-bond acceptors (Lipinski definition) is 19. The highest BCUT2D eigenvalue weighted by atomic mass is 35.5. The minimum Gasteiger partial charge on any atom is -0.505 e. The van der Waals surface area contributed by atoms with Crippen LogP contribution in [0, 0.1) is 11.8 Å². The Morgan fingerprint density at radius 3 is 2.18 bits per heavy atom.